The third-order valence-corrected chi connectivity index (χ3v) is 4.17. The van der Waals surface area contributed by atoms with Crippen LogP contribution < -0.4 is 5.32 Å². The van der Waals surface area contributed by atoms with E-state index in [1.807, 2.05) is 14.0 Å². The lowest BCUT2D eigenvalue weighted by Gasteiger charge is -2.22. The zero-order valence-corrected chi connectivity index (χ0v) is 16.3. The van der Waals surface area contributed by atoms with Crippen molar-refractivity contribution in [2.24, 2.45) is 12.0 Å². The summed E-state index contributed by atoms with van der Waals surface area (Å²) in [6.07, 6.45) is 8.03. The van der Waals surface area contributed by atoms with E-state index < -0.39 is 0 Å². The smallest absolute Gasteiger partial charge is 0.305 e. The van der Waals surface area contributed by atoms with Crippen LogP contribution in [-0.4, -0.2) is 48.6 Å². The molecule has 0 saturated heterocycles. The first kappa shape index (κ1) is 21.1. The summed E-state index contributed by atoms with van der Waals surface area (Å²) in [5.74, 6) is 0.845. The molecule has 1 heterocycles. The summed E-state index contributed by atoms with van der Waals surface area (Å²) in [4.78, 5) is 17.7. The standard InChI is InChI=1S/C19H34N4O2/c1-5-25-18(24)13-9-7-6-8-10-14-21-19(20-2)23(4)16-17-12-11-15-22(17)3/h11-12,15H,5-10,13-14,16H2,1-4H3,(H,20,21). The summed E-state index contributed by atoms with van der Waals surface area (Å²) in [6.45, 7) is 4.07. The van der Waals surface area contributed by atoms with E-state index in [1.165, 1.54) is 5.69 Å². The molecule has 0 aliphatic heterocycles. The average molecular weight is 351 g/mol. The summed E-state index contributed by atoms with van der Waals surface area (Å²) in [6, 6.07) is 4.18. The topological polar surface area (TPSA) is 58.9 Å². The molecular formula is C19H34N4O2. The van der Waals surface area contributed by atoms with Crippen molar-refractivity contribution in [3.8, 4) is 0 Å². The van der Waals surface area contributed by atoms with Crippen LogP contribution in [0.4, 0.5) is 0 Å². The number of aromatic nitrogens is 1. The first-order valence-corrected chi connectivity index (χ1v) is 9.26. The summed E-state index contributed by atoms with van der Waals surface area (Å²) in [5, 5.41) is 3.42. The first-order chi connectivity index (χ1) is 12.1. The number of guanidine groups is 1. The maximum atomic E-state index is 11.2. The summed E-state index contributed by atoms with van der Waals surface area (Å²) in [5.41, 5.74) is 1.26. The Morgan fingerprint density at radius 2 is 2.00 bits per heavy atom. The molecule has 1 rings (SSSR count). The van der Waals surface area contributed by atoms with E-state index in [-0.39, 0.29) is 5.97 Å². The fraction of sp³-hybridized carbons (Fsp3) is 0.684. The van der Waals surface area contributed by atoms with Crippen molar-refractivity contribution in [1.82, 2.24) is 14.8 Å². The number of carbonyl (C=O) groups excluding carboxylic acids is 1. The van der Waals surface area contributed by atoms with Crippen molar-refractivity contribution in [2.45, 2.75) is 52.0 Å². The van der Waals surface area contributed by atoms with E-state index in [0.29, 0.717) is 13.0 Å². The van der Waals surface area contributed by atoms with Gasteiger partial charge in [-0.2, -0.15) is 0 Å². The van der Waals surface area contributed by atoms with Gasteiger partial charge in [-0.25, -0.2) is 0 Å². The lowest BCUT2D eigenvalue weighted by atomic mass is 10.1. The van der Waals surface area contributed by atoms with Crippen LogP contribution >= 0.6 is 0 Å². The number of nitrogens with one attached hydrogen (secondary N) is 1. The number of rotatable bonds is 11. The molecule has 0 spiro atoms. The zero-order chi connectivity index (χ0) is 18.5. The van der Waals surface area contributed by atoms with Crippen LogP contribution in [0.25, 0.3) is 0 Å². The molecule has 0 saturated carbocycles. The lowest BCUT2D eigenvalue weighted by Crippen LogP contribution is -2.39. The van der Waals surface area contributed by atoms with Crippen molar-refractivity contribution in [3.63, 3.8) is 0 Å². The molecule has 0 aromatic carbocycles. The Labute approximate surface area is 152 Å². The van der Waals surface area contributed by atoms with Gasteiger partial charge in [0.05, 0.1) is 13.2 Å². The van der Waals surface area contributed by atoms with Crippen LogP contribution in [0.2, 0.25) is 0 Å². The molecule has 142 valence electrons. The third-order valence-electron chi connectivity index (χ3n) is 4.17. The maximum absolute atomic E-state index is 11.2. The number of unbranched alkanes of at least 4 members (excludes halogenated alkanes) is 4. The number of ether oxygens (including phenoxy) is 1. The molecule has 0 aliphatic carbocycles. The molecule has 0 bridgehead atoms. The van der Waals surface area contributed by atoms with Crippen molar-refractivity contribution in [1.29, 1.82) is 0 Å². The molecular weight excluding hydrogens is 316 g/mol. The number of aliphatic imine (C=N–C) groups is 1. The zero-order valence-electron chi connectivity index (χ0n) is 16.3. The lowest BCUT2D eigenvalue weighted by molar-refractivity contribution is -0.143. The SMILES string of the molecule is CCOC(=O)CCCCCCCNC(=NC)N(C)Cc1cccn1C. The van der Waals surface area contributed by atoms with E-state index in [2.05, 4.69) is 52.2 Å². The molecule has 6 nitrogen and oxygen atoms in total. The summed E-state index contributed by atoms with van der Waals surface area (Å²) in [7, 11) is 5.93. The van der Waals surface area contributed by atoms with Crippen molar-refractivity contribution < 1.29 is 9.53 Å². The van der Waals surface area contributed by atoms with Crippen LogP contribution in [-0.2, 0) is 23.1 Å². The molecule has 1 aromatic heterocycles. The predicted octanol–water partition coefficient (Wildman–Crippen LogP) is 2.94. The van der Waals surface area contributed by atoms with Gasteiger partial charge >= 0.3 is 5.97 Å². The Kier molecular flexibility index (Phi) is 10.4. The molecule has 0 aliphatic rings. The van der Waals surface area contributed by atoms with E-state index >= 15 is 0 Å². The molecule has 6 heteroatoms. The first-order valence-electron chi connectivity index (χ1n) is 9.26. The highest BCUT2D eigenvalue weighted by atomic mass is 16.5. The summed E-state index contributed by atoms with van der Waals surface area (Å²) < 4.78 is 7.05. The van der Waals surface area contributed by atoms with Crippen LogP contribution in [0.15, 0.2) is 23.3 Å². The van der Waals surface area contributed by atoms with Gasteiger partial charge < -0.3 is 19.5 Å². The second-order valence-corrected chi connectivity index (χ2v) is 6.26. The van der Waals surface area contributed by atoms with Gasteiger partial charge in [-0.05, 0) is 31.9 Å². The highest BCUT2D eigenvalue weighted by molar-refractivity contribution is 5.79. The van der Waals surface area contributed by atoms with Crippen LogP contribution in [0, 0.1) is 0 Å². The van der Waals surface area contributed by atoms with Gasteiger partial charge in [-0.3, -0.25) is 9.79 Å². The van der Waals surface area contributed by atoms with Gasteiger partial charge in [-0.1, -0.05) is 19.3 Å². The number of hydrogen-bond acceptors (Lipinski definition) is 3. The number of nitrogens with zero attached hydrogens (tertiary/aromatic N) is 3. The monoisotopic (exact) mass is 350 g/mol. The maximum Gasteiger partial charge on any atom is 0.305 e. The van der Waals surface area contributed by atoms with Crippen LogP contribution in [0.1, 0.15) is 51.1 Å². The number of hydrogen-bond donors (Lipinski definition) is 1. The minimum absolute atomic E-state index is 0.0748. The van der Waals surface area contributed by atoms with Crippen LogP contribution in [0.3, 0.4) is 0 Å². The fourth-order valence-corrected chi connectivity index (χ4v) is 2.72. The van der Waals surface area contributed by atoms with E-state index in [0.717, 1.165) is 51.2 Å². The largest absolute Gasteiger partial charge is 0.466 e. The Morgan fingerprint density at radius 1 is 1.28 bits per heavy atom. The van der Waals surface area contributed by atoms with Gasteiger partial charge in [0.2, 0.25) is 0 Å². The highest BCUT2D eigenvalue weighted by Crippen LogP contribution is 2.06. The third kappa shape index (κ3) is 8.61. The molecule has 0 unspecified atom stereocenters. The minimum atomic E-state index is -0.0748. The van der Waals surface area contributed by atoms with Crippen molar-refractivity contribution in [2.75, 3.05) is 27.2 Å². The molecule has 0 fully saturated rings. The average Bonchev–Trinajstić information content (AvgIpc) is 2.98. The Hall–Kier alpha value is -1.98. The van der Waals surface area contributed by atoms with Gasteiger partial charge in [0.25, 0.3) is 0 Å². The second-order valence-electron chi connectivity index (χ2n) is 6.26. The molecule has 0 atom stereocenters. The van der Waals surface area contributed by atoms with Gasteiger partial charge in [-0.15, -0.1) is 0 Å². The molecule has 1 N–H and O–H groups in total. The normalized spacial score (nSPS) is 11.4. The van der Waals surface area contributed by atoms with Crippen molar-refractivity contribution >= 4 is 11.9 Å². The minimum Gasteiger partial charge on any atom is -0.466 e. The molecule has 0 amide bonds. The van der Waals surface area contributed by atoms with Crippen LogP contribution in [0.5, 0.6) is 0 Å². The van der Waals surface area contributed by atoms with Gasteiger partial charge in [0.15, 0.2) is 5.96 Å². The van der Waals surface area contributed by atoms with Gasteiger partial charge in [0.1, 0.15) is 0 Å². The Morgan fingerprint density at radius 3 is 2.64 bits per heavy atom. The number of aryl methyl sites for hydroxylation is 1. The second kappa shape index (κ2) is 12.4. The van der Waals surface area contributed by atoms with E-state index in [9.17, 15) is 4.79 Å². The number of carbonyl (C=O) groups is 1. The van der Waals surface area contributed by atoms with Crippen molar-refractivity contribution in [3.05, 3.63) is 24.0 Å². The predicted molar refractivity (Wildman–Crippen MR) is 103 cm³/mol. The fourth-order valence-electron chi connectivity index (χ4n) is 2.72. The van der Waals surface area contributed by atoms with Gasteiger partial charge in [0, 0.05) is 46.0 Å². The van der Waals surface area contributed by atoms with E-state index in [1.54, 1.807) is 0 Å². The molecule has 25 heavy (non-hydrogen) atoms. The van der Waals surface area contributed by atoms with E-state index in [4.69, 9.17) is 4.74 Å². The summed E-state index contributed by atoms with van der Waals surface area (Å²) >= 11 is 0. The quantitative estimate of drug-likeness (QED) is 0.288. The Balaban J connectivity index is 2.11. The Bertz CT molecular complexity index is 525. The molecule has 1 aromatic rings. The number of esters is 1. The molecule has 0 radical (unpaired) electrons. The highest BCUT2D eigenvalue weighted by Gasteiger charge is 2.07.